The fraction of sp³-hybridized carbons (Fsp3) is 0.400. The zero-order valence-corrected chi connectivity index (χ0v) is 18.7. The smallest absolute Gasteiger partial charge is 0.331 e. The molecule has 0 amide bonds. The third-order valence-corrected chi connectivity index (χ3v) is 5.57. The lowest BCUT2D eigenvalue weighted by molar-refractivity contribution is -0.134. The van der Waals surface area contributed by atoms with Crippen LogP contribution in [0.1, 0.15) is 18.1 Å². The van der Waals surface area contributed by atoms with Gasteiger partial charge in [-0.15, -0.1) is 0 Å². The number of methoxy groups -OCH3 is 1. The molecule has 7 nitrogen and oxygen atoms in total. The van der Waals surface area contributed by atoms with Crippen LogP contribution < -0.4 is 4.74 Å². The molecule has 2 atom stereocenters. The Bertz CT molecular complexity index is 875. The topological polar surface area (TPSA) is 82.5 Å². The summed E-state index contributed by atoms with van der Waals surface area (Å²) in [6, 6.07) is 17.2. The average molecular weight is 441 g/mol. The molecule has 2 aromatic rings. The molecular weight excluding hydrogens is 408 g/mol. The molecule has 7 heteroatoms. The van der Waals surface area contributed by atoms with Crippen molar-refractivity contribution < 1.29 is 24.5 Å². The van der Waals surface area contributed by atoms with Gasteiger partial charge in [0.25, 0.3) is 0 Å². The number of piperazine rings is 1. The van der Waals surface area contributed by atoms with Gasteiger partial charge in [0.1, 0.15) is 11.9 Å². The molecule has 32 heavy (non-hydrogen) atoms. The number of carbonyl (C=O) groups excluding carboxylic acids is 1. The van der Waals surface area contributed by atoms with E-state index in [0.717, 1.165) is 42.9 Å². The van der Waals surface area contributed by atoms with Gasteiger partial charge in [0.15, 0.2) is 6.23 Å². The fourth-order valence-electron chi connectivity index (χ4n) is 3.84. The lowest BCUT2D eigenvalue weighted by atomic mass is 9.97. The molecule has 2 aromatic carbocycles. The van der Waals surface area contributed by atoms with E-state index in [1.54, 1.807) is 6.92 Å². The zero-order chi connectivity index (χ0) is 22.9. The van der Waals surface area contributed by atoms with Gasteiger partial charge in [0.2, 0.25) is 0 Å². The average Bonchev–Trinajstić information content (AvgIpc) is 2.82. The van der Waals surface area contributed by atoms with E-state index >= 15 is 0 Å². The number of β-amino-alcohol motifs (C(OH)–C–C–N with tert-alkyl or cyclic N) is 1. The number of aliphatic hydroxyl groups is 2. The van der Waals surface area contributed by atoms with E-state index in [2.05, 4.69) is 9.80 Å². The molecule has 1 aliphatic rings. The van der Waals surface area contributed by atoms with Gasteiger partial charge < -0.3 is 19.7 Å². The van der Waals surface area contributed by atoms with Crippen LogP contribution in [0.15, 0.2) is 60.7 Å². The molecule has 0 saturated carbocycles. The third-order valence-electron chi connectivity index (χ3n) is 5.57. The third kappa shape index (κ3) is 6.40. The fourth-order valence-corrected chi connectivity index (χ4v) is 3.84. The molecule has 0 radical (unpaired) electrons. The van der Waals surface area contributed by atoms with Gasteiger partial charge in [0, 0.05) is 38.8 Å². The molecule has 172 valence electrons. The predicted octanol–water partition coefficient (Wildman–Crippen LogP) is 1.99. The Morgan fingerprint density at radius 1 is 1.03 bits per heavy atom. The van der Waals surface area contributed by atoms with Crippen molar-refractivity contribution in [1.82, 2.24) is 9.80 Å². The molecule has 0 aromatic heterocycles. The van der Waals surface area contributed by atoms with Gasteiger partial charge >= 0.3 is 5.97 Å². The van der Waals surface area contributed by atoms with Gasteiger partial charge in [-0.25, -0.2) is 4.79 Å². The molecule has 0 bridgehead atoms. The maximum absolute atomic E-state index is 11.9. The van der Waals surface area contributed by atoms with E-state index in [1.807, 2.05) is 54.6 Å². The first-order chi connectivity index (χ1) is 15.5. The standard InChI is InChI=1S/C25H32N2O5/c1-19(29)25(27-14-12-26(13-15-27)16-17-28)32-22-10-8-21(9-11-22)23(18-24(30)31-2)20-6-4-3-5-7-20/h3-11,18-19,25,28-29H,12-17H2,1-2H3. The Balaban J connectivity index is 1.74. The molecule has 1 saturated heterocycles. The Kier molecular flexibility index (Phi) is 8.81. The van der Waals surface area contributed by atoms with Crippen LogP contribution >= 0.6 is 0 Å². The first-order valence-corrected chi connectivity index (χ1v) is 10.9. The summed E-state index contributed by atoms with van der Waals surface area (Å²) >= 11 is 0. The predicted molar refractivity (Wildman–Crippen MR) is 123 cm³/mol. The Labute approximate surface area is 189 Å². The summed E-state index contributed by atoms with van der Waals surface area (Å²) in [7, 11) is 1.36. The summed E-state index contributed by atoms with van der Waals surface area (Å²) in [5.74, 6) is 0.224. The van der Waals surface area contributed by atoms with E-state index in [9.17, 15) is 9.90 Å². The second-order valence-corrected chi connectivity index (χ2v) is 7.82. The van der Waals surface area contributed by atoms with Crippen molar-refractivity contribution >= 4 is 11.5 Å². The van der Waals surface area contributed by atoms with Crippen LogP contribution in [-0.2, 0) is 9.53 Å². The van der Waals surface area contributed by atoms with Gasteiger partial charge in [-0.2, -0.15) is 0 Å². The number of hydrogen-bond acceptors (Lipinski definition) is 7. The Hall–Kier alpha value is -2.71. The van der Waals surface area contributed by atoms with Crippen molar-refractivity contribution in [2.24, 2.45) is 0 Å². The molecule has 0 spiro atoms. The van der Waals surface area contributed by atoms with Crippen LogP contribution in [0.5, 0.6) is 5.75 Å². The SMILES string of the molecule is COC(=O)C=C(c1ccccc1)c1ccc(OC(C(C)O)N2CCN(CCO)CC2)cc1. The summed E-state index contributed by atoms with van der Waals surface area (Å²) in [5.41, 5.74) is 2.53. The number of nitrogens with zero attached hydrogens (tertiary/aromatic N) is 2. The number of rotatable bonds is 9. The molecule has 1 fully saturated rings. The molecule has 2 N–H and O–H groups in total. The van der Waals surface area contributed by atoms with Crippen LogP contribution in [-0.4, -0.2) is 84.8 Å². The Morgan fingerprint density at radius 2 is 1.66 bits per heavy atom. The minimum atomic E-state index is -0.668. The molecule has 0 aliphatic carbocycles. The van der Waals surface area contributed by atoms with Gasteiger partial charge in [-0.05, 0) is 35.8 Å². The monoisotopic (exact) mass is 440 g/mol. The minimum Gasteiger partial charge on any atom is -0.472 e. The molecule has 1 heterocycles. The molecule has 3 rings (SSSR count). The highest BCUT2D eigenvalue weighted by Crippen LogP contribution is 2.26. The van der Waals surface area contributed by atoms with E-state index in [0.29, 0.717) is 12.3 Å². The van der Waals surface area contributed by atoms with E-state index in [-0.39, 0.29) is 6.61 Å². The first kappa shape index (κ1) is 23.9. The molecule has 1 aliphatic heterocycles. The summed E-state index contributed by atoms with van der Waals surface area (Å²) in [6.45, 7) is 5.71. The van der Waals surface area contributed by atoms with Gasteiger partial charge in [0.05, 0.1) is 13.7 Å². The number of hydrogen-bond donors (Lipinski definition) is 2. The molecule has 2 unspecified atom stereocenters. The van der Waals surface area contributed by atoms with Crippen molar-refractivity contribution in [3.8, 4) is 5.75 Å². The number of benzene rings is 2. The van der Waals surface area contributed by atoms with Crippen molar-refractivity contribution in [2.45, 2.75) is 19.3 Å². The summed E-state index contributed by atoms with van der Waals surface area (Å²) in [5, 5.41) is 19.5. The lowest BCUT2D eigenvalue weighted by Crippen LogP contribution is -2.55. The minimum absolute atomic E-state index is 0.151. The largest absolute Gasteiger partial charge is 0.472 e. The number of carbonyl (C=O) groups is 1. The van der Waals surface area contributed by atoms with Crippen LogP contribution in [0.3, 0.4) is 0 Å². The van der Waals surface area contributed by atoms with E-state index < -0.39 is 18.3 Å². The van der Waals surface area contributed by atoms with E-state index in [4.69, 9.17) is 14.6 Å². The van der Waals surface area contributed by atoms with Crippen LogP contribution in [0.2, 0.25) is 0 Å². The van der Waals surface area contributed by atoms with Crippen LogP contribution in [0.25, 0.3) is 5.57 Å². The van der Waals surface area contributed by atoms with E-state index in [1.165, 1.54) is 13.2 Å². The van der Waals surface area contributed by atoms with Crippen molar-refractivity contribution in [3.05, 3.63) is 71.8 Å². The second kappa shape index (κ2) is 11.8. The van der Waals surface area contributed by atoms with Gasteiger partial charge in [-0.1, -0.05) is 42.5 Å². The highest BCUT2D eigenvalue weighted by Gasteiger charge is 2.28. The summed E-state index contributed by atoms with van der Waals surface area (Å²) in [6.07, 6.45) is 0.352. The number of aliphatic hydroxyl groups excluding tert-OH is 2. The van der Waals surface area contributed by atoms with Crippen LogP contribution in [0, 0.1) is 0 Å². The highest BCUT2D eigenvalue weighted by molar-refractivity contribution is 5.96. The lowest BCUT2D eigenvalue weighted by Gasteiger charge is -2.39. The maximum atomic E-state index is 11.9. The van der Waals surface area contributed by atoms with Crippen molar-refractivity contribution in [2.75, 3.05) is 46.4 Å². The maximum Gasteiger partial charge on any atom is 0.331 e. The van der Waals surface area contributed by atoms with Crippen LogP contribution in [0.4, 0.5) is 0 Å². The summed E-state index contributed by atoms with van der Waals surface area (Å²) < 4.78 is 11.0. The molecular formula is C25H32N2O5. The summed E-state index contributed by atoms with van der Waals surface area (Å²) in [4.78, 5) is 16.2. The number of esters is 1. The zero-order valence-electron chi connectivity index (χ0n) is 18.7. The quantitative estimate of drug-likeness (QED) is 0.456. The number of ether oxygens (including phenoxy) is 2. The van der Waals surface area contributed by atoms with Gasteiger partial charge in [-0.3, -0.25) is 9.80 Å². The van der Waals surface area contributed by atoms with Crippen molar-refractivity contribution in [1.29, 1.82) is 0 Å². The Morgan fingerprint density at radius 3 is 2.22 bits per heavy atom. The normalized spacial score (nSPS) is 17.6. The first-order valence-electron chi connectivity index (χ1n) is 10.9. The highest BCUT2D eigenvalue weighted by atomic mass is 16.5. The second-order valence-electron chi connectivity index (χ2n) is 7.82. The van der Waals surface area contributed by atoms with Crippen molar-refractivity contribution in [3.63, 3.8) is 0 Å².